The van der Waals surface area contributed by atoms with Crippen molar-refractivity contribution in [2.24, 2.45) is 0 Å². The average molecular weight is 330 g/mol. The maximum absolute atomic E-state index is 12.8. The van der Waals surface area contributed by atoms with Gasteiger partial charge in [-0.3, -0.25) is 9.59 Å². The second-order valence-corrected chi connectivity index (χ2v) is 5.60. The van der Waals surface area contributed by atoms with Crippen molar-refractivity contribution in [1.29, 1.82) is 0 Å². The highest BCUT2D eigenvalue weighted by molar-refractivity contribution is 5.94. The Morgan fingerprint density at radius 2 is 2.08 bits per heavy atom. The number of morpholine rings is 1. The summed E-state index contributed by atoms with van der Waals surface area (Å²) in [6.45, 7) is 2.71. The number of aromatic nitrogens is 3. The molecule has 1 N–H and O–H groups in total. The molecule has 1 saturated heterocycles. The first-order chi connectivity index (χ1) is 11.6. The molecule has 0 radical (unpaired) electrons. The summed E-state index contributed by atoms with van der Waals surface area (Å²) in [4.78, 5) is 25.3. The lowest BCUT2D eigenvalue weighted by Gasteiger charge is -2.34. The van der Waals surface area contributed by atoms with Crippen LogP contribution in [-0.2, 0) is 9.53 Å². The Bertz CT molecular complexity index is 744. The topological polar surface area (TPSA) is 97.6 Å². The van der Waals surface area contributed by atoms with Crippen molar-refractivity contribution < 1.29 is 19.4 Å². The molecule has 1 fully saturated rings. The molecule has 1 aliphatic heterocycles. The minimum Gasteiger partial charge on any atom is -0.481 e. The molecule has 1 unspecified atom stereocenters. The van der Waals surface area contributed by atoms with Crippen LogP contribution in [0.4, 0.5) is 0 Å². The first-order valence-corrected chi connectivity index (χ1v) is 7.66. The molecule has 1 amide bonds. The lowest BCUT2D eigenvalue weighted by molar-refractivity contribution is -0.139. The van der Waals surface area contributed by atoms with Gasteiger partial charge in [-0.2, -0.15) is 0 Å². The fourth-order valence-corrected chi connectivity index (χ4v) is 2.77. The van der Waals surface area contributed by atoms with Gasteiger partial charge in [0.25, 0.3) is 5.91 Å². The van der Waals surface area contributed by atoms with Crippen LogP contribution in [0.1, 0.15) is 22.6 Å². The Balaban J connectivity index is 1.87. The molecule has 24 heavy (non-hydrogen) atoms. The number of carboxylic acid groups (broad SMARTS) is 1. The number of carbonyl (C=O) groups is 2. The number of hydrogen-bond donors (Lipinski definition) is 1. The van der Waals surface area contributed by atoms with Crippen molar-refractivity contribution in [2.45, 2.75) is 19.4 Å². The molecule has 8 nitrogen and oxygen atoms in total. The van der Waals surface area contributed by atoms with Crippen LogP contribution in [-0.4, -0.2) is 62.7 Å². The maximum atomic E-state index is 12.8. The third-order valence-corrected chi connectivity index (χ3v) is 4.00. The molecular weight excluding hydrogens is 312 g/mol. The molecule has 0 saturated carbocycles. The zero-order valence-electron chi connectivity index (χ0n) is 13.3. The number of aliphatic carboxylic acids is 1. The van der Waals surface area contributed by atoms with Gasteiger partial charge in [0.15, 0.2) is 5.69 Å². The minimum absolute atomic E-state index is 0.155. The number of para-hydroxylation sites is 1. The SMILES string of the molecule is Cc1c(C(=O)N2CCOCC2CC(=O)O)nnn1-c1ccccc1. The van der Waals surface area contributed by atoms with E-state index in [1.54, 1.807) is 11.6 Å². The average Bonchev–Trinajstić information content (AvgIpc) is 2.96. The zero-order chi connectivity index (χ0) is 17.1. The Morgan fingerprint density at radius 1 is 1.33 bits per heavy atom. The quantitative estimate of drug-likeness (QED) is 0.894. The number of hydrogen-bond acceptors (Lipinski definition) is 5. The van der Waals surface area contributed by atoms with Gasteiger partial charge in [0, 0.05) is 6.54 Å². The summed E-state index contributed by atoms with van der Waals surface area (Å²) in [6, 6.07) is 8.90. The molecule has 126 valence electrons. The van der Waals surface area contributed by atoms with E-state index in [9.17, 15) is 9.59 Å². The van der Waals surface area contributed by atoms with Crippen LogP contribution < -0.4 is 0 Å². The number of nitrogens with zero attached hydrogens (tertiary/aromatic N) is 4. The first-order valence-electron chi connectivity index (χ1n) is 7.66. The minimum atomic E-state index is -0.965. The van der Waals surface area contributed by atoms with Crippen molar-refractivity contribution in [3.05, 3.63) is 41.7 Å². The van der Waals surface area contributed by atoms with Gasteiger partial charge in [-0.25, -0.2) is 4.68 Å². The number of amides is 1. The third-order valence-electron chi connectivity index (χ3n) is 4.00. The van der Waals surface area contributed by atoms with E-state index in [4.69, 9.17) is 9.84 Å². The summed E-state index contributed by atoms with van der Waals surface area (Å²) in [7, 11) is 0. The smallest absolute Gasteiger partial charge is 0.305 e. The van der Waals surface area contributed by atoms with E-state index in [2.05, 4.69) is 10.3 Å². The standard InChI is InChI=1S/C16H18N4O4/c1-11-15(17-18-20(11)12-5-3-2-4-6-12)16(23)19-7-8-24-10-13(19)9-14(21)22/h2-6,13H,7-10H2,1H3,(H,21,22). The summed E-state index contributed by atoms with van der Waals surface area (Å²) in [5.74, 6) is -1.28. The molecular formula is C16H18N4O4. The van der Waals surface area contributed by atoms with Gasteiger partial charge in [0.05, 0.1) is 37.1 Å². The van der Waals surface area contributed by atoms with Crippen molar-refractivity contribution in [3.8, 4) is 5.69 Å². The van der Waals surface area contributed by atoms with Crippen LogP contribution in [0.15, 0.2) is 30.3 Å². The highest BCUT2D eigenvalue weighted by Crippen LogP contribution is 2.18. The van der Waals surface area contributed by atoms with E-state index in [0.717, 1.165) is 5.69 Å². The van der Waals surface area contributed by atoms with Crippen LogP contribution in [0.25, 0.3) is 5.69 Å². The summed E-state index contributed by atoms with van der Waals surface area (Å²) in [6.07, 6.45) is -0.155. The fourth-order valence-electron chi connectivity index (χ4n) is 2.77. The summed E-state index contributed by atoms with van der Waals surface area (Å²) in [5.41, 5.74) is 1.66. The molecule has 0 aliphatic carbocycles. The molecule has 1 aromatic carbocycles. The van der Waals surface area contributed by atoms with Crippen LogP contribution in [0.3, 0.4) is 0 Å². The summed E-state index contributed by atoms with van der Waals surface area (Å²) >= 11 is 0. The zero-order valence-corrected chi connectivity index (χ0v) is 13.3. The molecule has 0 spiro atoms. The van der Waals surface area contributed by atoms with Crippen molar-refractivity contribution in [1.82, 2.24) is 19.9 Å². The van der Waals surface area contributed by atoms with Crippen LogP contribution in [0, 0.1) is 6.92 Å². The van der Waals surface area contributed by atoms with Gasteiger partial charge in [0.1, 0.15) is 0 Å². The molecule has 1 aliphatic rings. The van der Waals surface area contributed by atoms with Gasteiger partial charge in [-0.15, -0.1) is 5.10 Å². The molecule has 0 bridgehead atoms. The van der Waals surface area contributed by atoms with Crippen molar-refractivity contribution in [2.75, 3.05) is 19.8 Å². The largest absolute Gasteiger partial charge is 0.481 e. The van der Waals surface area contributed by atoms with E-state index in [0.29, 0.717) is 18.8 Å². The number of benzene rings is 1. The maximum Gasteiger partial charge on any atom is 0.305 e. The summed E-state index contributed by atoms with van der Waals surface area (Å²) < 4.78 is 6.90. The van der Waals surface area contributed by atoms with E-state index >= 15 is 0 Å². The van der Waals surface area contributed by atoms with Gasteiger partial charge in [-0.1, -0.05) is 23.4 Å². The second kappa shape index (κ2) is 6.79. The van der Waals surface area contributed by atoms with E-state index in [-0.39, 0.29) is 24.6 Å². The highest BCUT2D eigenvalue weighted by Gasteiger charge is 2.32. The Hall–Kier alpha value is -2.74. The number of ether oxygens (including phenoxy) is 1. The number of rotatable bonds is 4. The molecule has 1 aromatic heterocycles. The third kappa shape index (κ3) is 3.13. The van der Waals surface area contributed by atoms with Gasteiger partial charge in [0.2, 0.25) is 0 Å². The fraction of sp³-hybridized carbons (Fsp3) is 0.375. The highest BCUT2D eigenvalue weighted by atomic mass is 16.5. The van der Waals surface area contributed by atoms with Crippen molar-refractivity contribution >= 4 is 11.9 Å². The van der Waals surface area contributed by atoms with Gasteiger partial charge in [-0.05, 0) is 19.1 Å². The van der Waals surface area contributed by atoms with Crippen molar-refractivity contribution in [3.63, 3.8) is 0 Å². The monoisotopic (exact) mass is 330 g/mol. The Labute approximate surface area is 138 Å². The predicted octanol–water partition coefficient (Wildman–Crippen LogP) is 0.891. The van der Waals surface area contributed by atoms with Crippen LogP contribution >= 0.6 is 0 Å². The molecule has 3 rings (SSSR count). The van der Waals surface area contributed by atoms with E-state index < -0.39 is 12.0 Å². The van der Waals surface area contributed by atoms with Crippen LogP contribution in [0.2, 0.25) is 0 Å². The lowest BCUT2D eigenvalue weighted by Crippen LogP contribution is -2.49. The first kappa shape index (κ1) is 16.1. The predicted molar refractivity (Wildman–Crippen MR) is 84.0 cm³/mol. The van der Waals surface area contributed by atoms with E-state index in [1.807, 2.05) is 30.3 Å². The number of carboxylic acids is 1. The second-order valence-electron chi connectivity index (χ2n) is 5.60. The molecule has 2 heterocycles. The lowest BCUT2D eigenvalue weighted by atomic mass is 10.1. The Morgan fingerprint density at radius 3 is 2.79 bits per heavy atom. The normalized spacial score (nSPS) is 17.7. The van der Waals surface area contributed by atoms with E-state index in [1.165, 1.54) is 4.90 Å². The summed E-state index contributed by atoms with van der Waals surface area (Å²) in [5, 5.41) is 17.1. The van der Waals surface area contributed by atoms with Gasteiger partial charge < -0.3 is 14.7 Å². The molecule has 8 heteroatoms. The molecule has 1 atom stereocenters. The Kier molecular flexibility index (Phi) is 4.57. The van der Waals surface area contributed by atoms with Crippen LogP contribution in [0.5, 0.6) is 0 Å². The molecule has 2 aromatic rings. The van der Waals surface area contributed by atoms with Gasteiger partial charge >= 0.3 is 5.97 Å². The number of carbonyl (C=O) groups excluding carboxylic acids is 1.